The number of nitrogens with zero attached hydrogens (tertiary/aromatic N) is 3. The van der Waals surface area contributed by atoms with Crippen molar-refractivity contribution in [2.45, 2.75) is 31.6 Å². The van der Waals surface area contributed by atoms with E-state index in [-0.39, 0.29) is 13.2 Å². The second-order valence-corrected chi connectivity index (χ2v) is 7.53. The van der Waals surface area contributed by atoms with Gasteiger partial charge < -0.3 is 14.2 Å². The van der Waals surface area contributed by atoms with E-state index in [0.29, 0.717) is 22.4 Å². The third kappa shape index (κ3) is 4.32. The number of pyridine rings is 2. The second-order valence-electron chi connectivity index (χ2n) is 7.53. The lowest BCUT2D eigenvalue weighted by Gasteiger charge is -2.42. The topological polar surface area (TPSA) is 100.0 Å². The Morgan fingerprint density at radius 1 is 0.853 bits per heavy atom. The average molecular weight is 460 g/mol. The highest BCUT2D eigenvalue weighted by Crippen LogP contribution is 2.45. The van der Waals surface area contributed by atoms with Crippen molar-refractivity contribution in [1.82, 2.24) is 9.97 Å². The molecule has 8 heteroatoms. The molecule has 0 saturated carbocycles. The number of aromatic nitrogens is 2. The quantitative estimate of drug-likeness (QED) is 0.393. The Hall–Kier alpha value is -3.91. The van der Waals surface area contributed by atoms with Crippen LogP contribution in [-0.2, 0) is 23.8 Å². The van der Waals surface area contributed by atoms with Gasteiger partial charge in [0.2, 0.25) is 0 Å². The number of aliphatic imine (C=N–C) groups is 1. The van der Waals surface area contributed by atoms with Gasteiger partial charge in [0.1, 0.15) is 0 Å². The maximum atomic E-state index is 13.6. The third-order valence-electron chi connectivity index (χ3n) is 5.45. The SMILES string of the molecule is CCOC(=O)C1(C(=O)OCC)O[C@@H](c2cccnc2)N=C(c2cccnc2)[C@H]1c1ccccc1. The van der Waals surface area contributed by atoms with Crippen LogP contribution in [0.4, 0.5) is 0 Å². The number of carbonyl (C=O) groups is 2. The van der Waals surface area contributed by atoms with Gasteiger partial charge in [0.25, 0.3) is 5.60 Å². The molecule has 0 spiro atoms. The lowest BCUT2D eigenvalue weighted by molar-refractivity contribution is -0.202. The van der Waals surface area contributed by atoms with Crippen molar-refractivity contribution in [1.29, 1.82) is 0 Å². The summed E-state index contributed by atoms with van der Waals surface area (Å²) < 4.78 is 17.2. The van der Waals surface area contributed by atoms with Crippen molar-refractivity contribution >= 4 is 17.7 Å². The molecule has 2 atom stereocenters. The summed E-state index contributed by atoms with van der Waals surface area (Å²) in [7, 11) is 0. The Kier molecular flexibility index (Phi) is 7.08. The van der Waals surface area contributed by atoms with Gasteiger partial charge in [-0.15, -0.1) is 0 Å². The normalized spacial score (nSPS) is 19.1. The molecule has 1 aromatic carbocycles. The summed E-state index contributed by atoms with van der Waals surface area (Å²) in [6, 6.07) is 16.2. The molecular formula is C26H25N3O5. The van der Waals surface area contributed by atoms with E-state index in [1.165, 1.54) is 0 Å². The van der Waals surface area contributed by atoms with Crippen LogP contribution >= 0.6 is 0 Å². The van der Waals surface area contributed by atoms with Gasteiger partial charge in [-0.1, -0.05) is 42.5 Å². The van der Waals surface area contributed by atoms with Crippen LogP contribution in [0.5, 0.6) is 0 Å². The summed E-state index contributed by atoms with van der Waals surface area (Å²) in [5.74, 6) is -2.62. The van der Waals surface area contributed by atoms with E-state index >= 15 is 0 Å². The highest BCUT2D eigenvalue weighted by Gasteiger charge is 2.62. The van der Waals surface area contributed by atoms with Gasteiger partial charge in [-0.3, -0.25) is 15.0 Å². The minimum atomic E-state index is -2.14. The molecule has 174 valence electrons. The van der Waals surface area contributed by atoms with Crippen molar-refractivity contribution < 1.29 is 23.8 Å². The fraction of sp³-hybridized carbons (Fsp3) is 0.269. The Bertz CT molecular complexity index is 1130. The summed E-state index contributed by atoms with van der Waals surface area (Å²) in [5.41, 5.74) is 0.192. The van der Waals surface area contributed by atoms with Gasteiger partial charge in [0.15, 0.2) is 6.23 Å². The lowest BCUT2D eigenvalue weighted by atomic mass is 9.75. The Morgan fingerprint density at radius 2 is 1.47 bits per heavy atom. The van der Waals surface area contributed by atoms with Gasteiger partial charge in [-0.2, -0.15) is 0 Å². The fourth-order valence-corrected chi connectivity index (χ4v) is 4.01. The number of ether oxygens (including phenoxy) is 3. The van der Waals surface area contributed by atoms with Gasteiger partial charge in [-0.05, 0) is 31.5 Å². The number of rotatable bonds is 7. The van der Waals surface area contributed by atoms with Crippen LogP contribution in [0, 0.1) is 0 Å². The second kappa shape index (κ2) is 10.4. The smallest absolute Gasteiger partial charge is 0.351 e. The number of carbonyl (C=O) groups excluding carboxylic acids is 2. The first-order chi connectivity index (χ1) is 16.6. The van der Waals surface area contributed by atoms with Crippen LogP contribution in [0.15, 0.2) is 84.4 Å². The van der Waals surface area contributed by atoms with E-state index in [1.54, 1.807) is 56.8 Å². The molecule has 1 aliphatic heterocycles. The van der Waals surface area contributed by atoms with Crippen molar-refractivity contribution in [2.24, 2.45) is 4.99 Å². The number of esters is 2. The molecule has 0 N–H and O–H groups in total. The van der Waals surface area contributed by atoms with Crippen LogP contribution in [0.1, 0.15) is 42.7 Å². The summed E-state index contributed by atoms with van der Waals surface area (Å²) in [5, 5.41) is 0. The van der Waals surface area contributed by atoms with Crippen molar-refractivity contribution in [2.75, 3.05) is 13.2 Å². The first kappa shape index (κ1) is 23.3. The van der Waals surface area contributed by atoms with E-state index in [1.807, 2.05) is 36.4 Å². The molecule has 4 rings (SSSR count). The lowest BCUT2D eigenvalue weighted by Crippen LogP contribution is -2.60. The highest BCUT2D eigenvalue weighted by atomic mass is 16.6. The molecule has 3 heterocycles. The predicted molar refractivity (Wildman–Crippen MR) is 124 cm³/mol. The highest BCUT2D eigenvalue weighted by molar-refractivity contribution is 6.16. The molecule has 1 aliphatic rings. The molecule has 8 nitrogen and oxygen atoms in total. The standard InChI is InChI=1S/C26H25N3O5/c1-3-32-24(30)26(25(31)33-4-2)21(18-10-6-5-7-11-18)22(19-12-8-14-27-16-19)29-23(34-26)20-13-9-15-28-17-20/h5-17,21,23H,3-4H2,1-2H3/t21-,23+/m1/s1. The summed E-state index contributed by atoms with van der Waals surface area (Å²) >= 11 is 0. The largest absolute Gasteiger partial charge is 0.463 e. The van der Waals surface area contributed by atoms with Crippen LogP contribution in [-0.4, -0.2) is 46.4 Å². The summed E-state index contributed by atoms with van der Waals surface area (Å²) in [4.78, 5) is 40.5. The first-order valence-corrected chi connectivity index (χ1v) is 11.1. The molecule has 34 heavy (non-hydrogen) atoms. The van der Waals surface area contributed by atoms with Crippen LogP contribution in [0.3, 0.4) is 0 Å². The van der Waals surface area contributed by atoms with E-state index < -0.39 is 29.7 Å². The molecule has 0 fully saturated rings. The molecule has 2 aromatic heterocycles. The van der Waals surface area contributed by atoms with Crippen LogP contribution < -0.4 is 0 Å². The maximum Gasteiger partial charge on any atom is 0.351 e. The molecular weight excluding hydrogens is 434 g/mol. The zero-order chi connectivity index (χ0) is 24.0. The Labute approximate surface area is 197 Å². The maximum absolute atomic E-state index is 13.6. The molecule has 0 saturated heterocycles. The summed E-state index contributed by atoms with van der Waals surface area (Å²) in [6.45, 7) is 3.46. The van der Waals surface area contributed by atoms with Gasteiger partial charge >= 0.3 is 11.9 Å². The first-order valence-electron chi connectivity index (χ1n) is 11.1. The third-order valence-corrected chi connectivity index (χ3v) is 5.45. The molecule has 3 aromatic rings. The number of benzene rings is 1. The van der Waals surface area contributed by atoms with Crippen LogP contribution in [0.25, 0.3) is 0 Å². The minimum Gasteiger partial charge on any atom is -0.463 e. The Morgan fingerprint density at radius 3 is 2.03 bits per heavy atom. The molecule has 0 unspecified atom stereocenters. The number of hydrogen-bond acceptors (Lipinski definition) is 8. The Balaban J connectivity index is 2.03. The number of hydrogen-bond donors (Lipinski definition) is 0. The van der Waals surface area contributed by atoms with Crippen molar-refractivity contribution in [3.63, 3.8) is 0 Å². The van der Waals surface area contributed by atoms with E-state index in [9.17, 15) is 9.59 Å². The zero-order valence-corrected chi connectivity index (χ0v) is 19.0. The van der Waals surface area contributed by atoms with Crippen molar-refractivity contribution in [3.8, 4) is 0 Å². The van der Waals surface area contributed by atoms with Gasteiger partial charge in [0, 0.05) is 35.9 Å². The average Bonchev–Trinajstić information content (AvgIpc) is 2.89. The van der Waals surface area contributed by atoms with E-state index in [4.69, 9.17) is 19.2 Å². The molecule has 0 bridgehead atoms. The minimum absolute atomic E-state index is 0.0573. The van der Waals surface area contributed by atoms with Crippen molar-refractivity contribution in [3.05, 3.63) is 96.1 Å². The van der Waals surface area contributed by atoms with Gasteiger partial charge in [-0.25, -0.2) is 9.59 Å². The molecule has 0 aliphatic carbocycles. The van der Waals surface area contributed by atoms with E-state index in [2.05, 4.69) is 9.97 Å². The van der Waals surface area contributed by atoms with Gasteiger partial charge in [0.05, 0.1) is 24.8 Å². The molecule has 0 radical (unpaired) electrons. The summed E-state index contributed by atoms with van der Waals surface area (Å²) in [6.07, 6.45) is 5.48. The van der Waals surface area contributed by atoms with Crippen LogP contribution in [0.2, 0.25) is 0 Å². The fourth-order valence-electron chi connectivity index (χ4n) is 4.01. The predicted octanol–water partition coefficient (Wildman–Crippen LogP) is 3.64. The zero-order valence-electron chi connectivity index (χ0n) is 19.0. The molecule has 0 amide bonds. The van der Waals surface area contributed by atoms with E-state index in [0.717, 1.165) is 0 Å². The monoisotopic (exact) mass is 459 g/mol.